The van der Waals surface area contributed by atoms with Crippen molar-refractivity contribution in [3.63, 3.8) is 0 Å². The highest BCUT2D eigenvalue weighted by molar-refractivity contribution is 7.45. The quantitative estimate of drug-likeness (QED) is 0.0272. The van der Waals surface area contributed by atoms with Crippen molar-refractivity contribution in [2.45, 2.75) is 341 Å². The molecule has 0 aliphatic heterocycles. The molecular formula is C62H125N2O6P. The topological polar surface area (TPSA) is 108 Å². The Balaban J connectivity index is 4.10. The van der Waals surface area contributed by atoms with Gasteiger partial charge in [0.15, 0.2) is 0 Å². The van der Waals surface area contributed by atoms with Crippen LogP contribution in [0, 0.1) is 0 Å². The number of aliphatic hydroxyl groups excluding tert-OH is 1. The molecule has 0 aromatic heterocycles. The third-order valence-corrected chi connectivity index (χ3v) is 15.7. The molecule has 2 N–H and O–H groups in total. The molecule has 0 aliphatic carbocycles. The van der Waals surface area contributed by atoms with Crippen molar-refractivity contribution in [2.75, 3.05) is 40.9 Å². The summed E-state index contributed by atoms with van der Waals surface area (Å²) in [7, 11) is 1.28. The molecule has 0 aromatic rings. The fourth-order valence-corrected chi connectivity index (χ4v) is 10.5. The third kappa shape index (κ3) is 56.8. The number of carbonyl (C=O) groups is 1. The van der Waals surface area contributed by atoms with Gasteiger partial charge in [0, 0.05) is 6.42 Å². The van der Waals surface area contributed by atoms with Crippen molar-refractivity contribution in [1.82, 2.24) is 5.32 Å². The Labute approximate surface area is 443 Å². The lowest BCUT2D eigenvalue weighted by molar-refractivity contribution is -0.870. The molecule has 8 nitrogen and oxygen atoms in total. The first-order chi connectivity index (χ1) is 34.5. The number of rotatable bonds is 59. The maximum atomic E-state index is 13.0. The Morgan fingerprint density at radius 1 is 0.479 bits per heavy atom. The summed E-state index contributed by atoms with van der Waals surface area (Å²) in [6, 6.07) is -0.883. The van der Waals surface area contributed by atoms with Crippen LogP contribution in [0.4, 0.5) is 0 Å². The van der Waals surface area contributed by atoms with Gasteiger partial charge in [0.25, 0.3) is 7.82 Å². The van der Waals surface area contributed by atoms with Gasteiger partial charge in [-0.2, -0.15) is 0 Å². The average molecular weight is 1030 g/mol. The van der Waals surface area contributed by atoms with Crippen LogP contribution >= 0.6 is 7.82 Å². The number of hydrogen-bond donors (Lipinski definition) is 2. The lowest BCUT2D eigenvalue weighted by atomic mass is 10.0. The zero-order valence-corrected chi connectivity index (χ0v) is 49.4. The molecule has 424 valence electrons. The first kappa shape index (κ1) is 70.2. The second-order valence-corrected chi connectivity index (χ2v) is 24.5. The largest absolute Gasteiger partial charge is 0.756 e. The van der Waals surface area contributed by atoms with E-state index >= 15 is 0 Å². The number of aliphatic hydroxyl groups is 1. The number of unbranched alkanes of at least 4 members (excludes halogenated alkanes) is 46. The molecule has 1 amide bonds. The van der Waals surface area contributed by atoms with E-state index in [9.17, 15) is 19.4 Å². The monoisotopic (exact) mass is 1020 g/mol. The minimum Gasteiger partial charge on any atom is -0.756 e. The molecule has 0 rings (SSSR count). The van der Waals surface area contributed by atoms with Crippen LogP contribution in [0.5, 0.6) is 0 Å². The number of allylic oxidation sites excluding steroid dienone is 1. The molecule has 0 aliphatic rings. The van der Waals surface area contributed by atoms with E-state index in [2.05, 4.69) is 19.2 Å². The van der Waals surface area contributed by atoms with Crippen LogP contribution < -0.4 is 10.2 Å². The zero-order valence-electron chi connectivity index (χ0n) is 48.5. The second-order valence-electron chi connectivity index (χ2n) is 23.1. The van der Waals surface area contributed by atoms with Gasteiger partial charge >= 0.3 is 0 Å². The predicted molar refractivity (Wildman–Crippen MR) is 307 cm³/mol. The Kier molecular flexibility index (Phi) is 53.5. The number of nitrogens with zero attached hydrogens (tertiary/aromatic N) is 1. The molecule has 0 bridgehead atoms. The van der Waals surface area contributed by atoms with Gasteiger partial charge in [-0.15, -0.1) is 0 Å². The van der Waals surface area contributed by atoms with E-state index in [0.717, 1.165) is 38.5 Å². The second kappa shape index (κ2) is 54.0. The molecule has 71 heavy (non-hydrogen) atoms. The molecule has 0 radical (unpaired) electrons. The van der Waals surface area contributed by atoms with Crippen molar-refractivity contribution in [3.8, 4) is 0 Å². The lowest BCUT2D eigenvalue weighted by Crippen LogP contribution is -2.45. The summed E-state index contributed by atoms with van der Waals surface area (Å²) in [5, 5.41) is 13.9. The summed E-state index contributed by atoms with van der Waals surface area (Å²) in [5.74, 6) is -0.189. The number of phosphoric ester groups is 1. The summed E-state index contributed by atoms with van der Waals surface area (Å²) in [6.07, 6.45) is 67.3. The zero-order chi connectivity index (χ0) is 52.0. The molecule has 0 saturated heterocycles. The standard InChI is InChI=1S/C62H125N2O6P/c1-6-8-10-12-14-16-18-20-22-24-26-28-30-31-32-33-34-36-38-40-42-44-46-48-50-52-54-56-62(66)63-60(59-70-71(67,68)69-58-57-64(3,4)5)61(65)55-53-51-49-47-45-43-41-39-37-35-29-27-25-23-21-19-17-15-13-11-9-7-2/h53,55,60-61,65H,6-52,54,56-59H2,1-5H3,(H-,63,66,67,68)/b55-53+. The van der Waals surface area contributed by atoms with Crippen molar-refractivity contribution >= 4 is 13.7 Å². The number of likely N-dealkylation sites (N-methyl/N-ethyl adjacent to an activating group) is 1. The smallest absolute Gasteiger partial charge is 0.268 e. The van der Waals surface area contributed by atoms with Crippen molar-refractivity contribution in [1.29, 1.82) is 0 Å². The van der Waals surface area contributed by atoms with E-state index in [-0.39, 0.29) is 19.1 Å². The van der Waals surface area contributed by atoms with Crippen LogP contribution in [0.15, 0.2) is 12.2 Å². The van der Waals surface area contributed by atoms with E-state index < -0.39 is 20.0 Å². The summed E-state index contributed by atoms with van der Waals surface area (Å²) in [6.45, 7) is 4.71. The van der Waals surface area contributed by atoms with E-state index in [1.165, 1.54) is 270 Å². The highest BCUT2D eigenvalue weighted by Gasteiger charge is 2.23. The van der Waals surface area contributed by atoms with Gasteiger partial charge < -0.3 is 28.8 Å². The Hall–Kier alpha value is -0.760. The summed E-state index contributed by atoms with van der Waals surface area (Å²) >= 11 is 0. The molecule has 3 atom stereocenters. The van der Waals surface area contributed by atoms with Crippen LogP contribution in [0.1, 0.15) is 328 Å². The molecule has 0 fully saturated rings. The van der Waals surface area contributed by atoms with Crippen LogP contribution in [-0.2, 0) is 18.4 Å². The van der Waals surface area contributed by atoms with Crippen molar-refractivity contribution in [3.05, 3.63) is 12.2 Å². The van der Waals surface area contributed by atoms with Gasteiger partial charge in [-0.05, 0) is 19.3 Å². The normalized spacial score (nSPS) is 13.8. The fraction of sp³-hybridized carbons (Fsp3) is 0.952. The molecule has 0 heterocycles. The molecule has 9 heteroatoms. The Morgan fingerprint density at radius 3 is 1.06 bits per heavy atom. The molecule has 3 unspecified atom stereocenters. The molecule has 0 spiro atoms. The SMILES string of the molecule is CCCCCCCCCCCCCCCCCCCCCC/C=C/C(O)C(COP(=O)([O-])OCC[N+](C)(C)C)NC(=O)CCCCCCCCCCCCCCCCCCCCCCCCCCCCC. The maximum absolute atomic E-state index is 13.0. The highest BCUT2D eigenvalue weighted by atomic mass is 31.2. The van der Waals surface area contributed by atoms with Gasteiger partial charge in [0.05, 0.1) is 39.9 Å². The molecule has 0 saturated carbocycles. The number of phosphoric acid groups is 1. The summed E-state index contributed by atoms with van der Waals surface area (Å²) in [4.78, 5) is 25.6. The summed E-state index contributed by atoms with van der Waals surface area (Å²) in [5.41, 5.74) is 0. The third-order valence-electron chi connectivity index (χ3n) is 14.7. The number of hydrogen-bond acceptors (Lipinski definition) is 6. The van der Waals surface area contributed by atoms with Crippen LogP contribution in [0.3, 0.4) is 0 Å². The first-order valence-electron chi connectivity index (χ1n) is 31.6. The minimum atomic E-state index is -4.59. The van der Waals surface area contributed by atoms with Crippen LogP contribution in [0.25, 0.3) is 0 Å². The summed E-state index contributed by atoms with van der Waals surface area (Å²) < 4.78 is 23.4. The number of nitrogens with one attached hydrogen (secondary N) is 1. The van der Waals surface area contributed by atoms with Crippen LogP contribution in [-0.4, -0.2) is 68.5 Å². The number of amides is 1. The maximum Gasteiger partial charge on any atom is 0.268 e. The minimum absolute atomic E-state index is 0.00284. The van der Waals surface area contributed by atoms with E-state index in [0.29, 0.717) is 17.4 Å². The van der Waals surface area contributed by atoms with Crippen LogP contribution in [0.2, 0.25) is 0 Å². The van der Waals surface area contributed by atoms with Crippen molar-refractivity contribution < 1.29 is 32.9 Å². The Bertz CT molecular complexity index is 1160. The fourth-order valence-electron chi connectivity index (χ4n) is 9.81. The highest BCUT2D eigenvalue weighted by Crippen LogP contribution is 2.38. The van der Waals surface area contributed by atoms with Gasteiger partial charge in [-0.1, -0.05) is 315 Å². The van der Waals surface area contributed by atoms with E-state index in [1.807, 2.05) is 27.2 Å². The van der Waals surface area contributed by atoms with Gasteiger partial charge in [0.2, 0.25) is 5.91 Å². The average Bonchev–Trinajstić information content (AvgIpc) is 3.33. The predicted octanol–water partition coefficient (Wildman–Crippen LogP) is 18.8. The lowest BCUT2D eigenvalue weighted by Gasteiger charge is -2.29. The van der Waals surface area contributed by atoms with Gasteiger partial charge in [-0.3, -0.25) is 9.36 Å². The molecule has 0 aromatic carbocycles. The van der Waals surface area contributed by atoms with Crippen molar-refractivity contribution in [2.24, 2.45) is 0 Å². The Morgan fingerprint density at radius 2 is 0.761 bits per heavy atom. The number of quaternary nitrogens is 1. The van der Waals surface area contributed by atoms with Gasteiger partial charge in [-0.25, -0.2) is 0 Å². The van der Waals surface area contributed by atoms with E-state index in [4.69, 9.17) is 9.05 Å². The van der Waals surface area contributed by atoms with E-state index in [1.54, 1.807) is 6.08 Å². The molecular weight excluding hydrogens is 900 g/mol. The van der Waals surface area contributed by atoms with Gasteiger partial charge in [0.1, 0.15) is 13.2 Å². The number of carbonyl (C=O) groups excluding carboxylic acids is 1. The first-order valence-corrected chi connectivity index (χ1v) is 33.0.